The standard InChI is InChI=1S/C27H44O7/c1-15(6-9-23(30)32-4)18-7-8-19-24-20(14-22(29)27(18,19)3)26(2)11-10-17(34-25(31)33-5)12-16(26)13-21(24)28/h15-22,24,28-29H,6-14H2,1-5H3. The smallest absolute Gasteiger partial charge is 0.469 e. The Labute approximate surface area is 203 Å². The van der Waals surface area contributed by atoms with Gasteiger partial charge in [-0.3, -0.25) is 4.79 Å². The SMILES string of the molecule is COC(=O)CCC(C)C1CCC2C3C(O)CC4CC(OC(=O)OC)CCC4(C)C3CC(O)C12C. The van der Waals surface area contributed by atoms with Crippen LogP contribution < -0.4 is 0 Å². The van der Waals surface area contributed by atoms with E-state index in [1.54, 1.807) is 0 Å². The van der Waals surface area contributed by atoms with Crippen LogP contribution in [-0.4, -0.2) is 54.9 Å². The lowest BCUT2D eigenvalue weighted by molar-refractivity contribution is -0.207. The molecule has 7 heteroatoms. The van der Waals surface area contributed by atoms with E-state index in [-0.39, 0.29) is 46.6 Å². The lowest BCUT2D eigenvalue weighted by Crippen LogP contribution is -2.62. The number of hydrogen-bond donors (Lipinski definition) is 2. The van der Waals surface area contributed by atoms with E-state index in [0.29, 0.717) is 24.7 Å². The number of esters is 1. The van der Waals surface area contributed by atoms with Gasteiger partial charge in [-0.25, -0.2) is 4.79 Å². The van der Waals surface area contributed by atoms with Gasteiger partial charge in [0.2, 0.25) is 0 Å². The molecular weight excluding hydrogens is 436 g/mol. The molecule has 0 aromatic heterocycles. The summed E-state index contributed by atoms with van der Waals surface area (Å²) < 4.78 is 15.0. The molecule has 34 heavy (non-hydrogen) atoms. The second-order valence-corrected chi connectivity index (χ2v) is 12.2. The number of carbonyl (C=O) groups is 2. The average Bonchev–Trinajstić information content (AvgIpc) is 3.17. The zero-order chi connectivity index (χ0) is 24.8. The number of rotatable bonds is 5. The summed E-state index contributed by atoms with van der Waals surface area (Å²) in [4.78, 5) is 23.4. The van der Waals surface area contributed by atoms with Crippen LogP contribution in [0.1, 0.15) is 78.6 Å². The molecule has 0 amide bonds. The van der Waals surface area contributed by atoms with Gasteiger partial charge in [-0.15, -0.1) is 0 Å². The van der Waals surface area contributed by atoms with E-state index in [4.69, 9.17) is 14.2 Å². The fourth-order valence-electron chi connectivity index (χ4n) is 9.05. The second kappa shape index (κ2) is 9.61. The van der Waals surface area contributed by atoms with Crippen LogP contribution in [0.3, 0.4) is 0 Å². The molecule has 0 aromatic carbocycles. The van der Waals surface area contributed by atoms with Crippen molar-refractivity contribution in [2.45, 2.75) is 96.9 Å². The summed E-state index contributed by atoms with van der Waals surface area (Å²) in [5.74, 6) is 1.46. The monoisotopic (exact) mass is 480 g/mol. The molecule has 2 N–H and O–H groups in total. The van der Waals surface area contributed by atoms with Gasteiger partial charge >= 0.3 is 12.1 Å². The van der Waals surface area contributed by atoms with Gasteiger partial charge in [0.25, 0.3) is 0 Å². The predicted molar refractivity (Wildman–Crippen MR) is 126 cm³/mol. The maximum absolute atomic E-state index is 11.7. The third-order valence-electron chi connectivity index (χ3n) is 11.0. The van der Waals surface area contributed by atoms with Crippen molar-refractivity contribution in [1.82, 2.24) is 0 Å². The first-order chi connectivity index (χ1) is 16.1. The highest BCUT2D eigenvalue weighted by atomic mass is 16.7. The van der Waals surface area contributed by atoms with E-state index in [9.17, 15) is 19.8 Å². The number of carbonyl (C=O) groups excluding carboxylic acids is 2. The molecule has 11 unspecified atom stereocenters. The molecule has 0 heterocycles. The van der Waals surface area contributed by atoms with Crippen LogP contribution in [-0.2, 0) is 19.0 Å². The van der Waals surface area contributed by atoms with Crippen LogP contribution >= 0.6 is 0 Å². The maximum Gasteiger partial charge on any atom is 0.508 e. The van der Waals surface area contributed by atoms with Crippen molar-refractivity contribution < 1.29 is 34.0 Å². The van der Waals surface area contributed by atoms with Crippen molar-refractivity contribution in [1.29, 1.82) is 0 Å². The zero-order valence-electron chi connectivity index (χ0n) is 21.5. The van der Waals surface area contributed by atoms with E-state index in [2.05, 4.69) is 20.8 Å². The van der Waals surface area contributed by atoms with Gasteiger partial charge in [0.1, 0.15) is 6.10 Å². The molecule has 4 aliphatic carbocycles. The van der Waals surface area contributed by atoms with Crippen molar-refractivity contribution >= 4 is 12.1 Å². The van der Waals surface area contributed by atoms with Crippen molar-refractivity contribution in [2.24, 2.45) is 46.3 Å². The molecular formula is C27H44O7. The van der Waals surface area contributed by atoms with Gasteiger partial charge < -0.3 is 24.4 Å². The van der Waals surface area contributed by atoms with E-state index < -0.39 is 18.4 Å². The van der Waals surface area contributed by atoms with Gasteiger partial charge in [0, 0.05) is 6.42 Å². The first-order valence-electron chi connectivity index (χ1n) is 13.2. The fraction of sp³-hybridized carbons (Fsp3) is 0.926. The van der Waals surface area contributed by atoms with E-state index in [0.717, 1.165) is 44.9 Å². The van der Waals surface area contributed by atoms with Crippen molar-refractivity contribution in [2.75, 3.05) is 14.2 Å². The summed E-state index contributed by atoms with van der Waals surface area (Å²) in [5.41, 5.74) is -0.219. The van der Waals surface area contributed by atoms with Crippen LogP contribution in [0, 0.1) is 46.3 Å². The molecule has 7 nitrogen and oxygen atoms in total. The van der Waals surface area contributed by atoms with Crippen LogP contribution in [0.15, 0.2) is 0 Å². The third-order valence-corrected chi connectivity index (χ3v) is 11.0. The van der Waals surface area contributed by atoms with Crippen molar-refractivity contribution in [3.63, 3.8) is 0 Å². The summed E-state index contributed by atoms with van der Waals surface area (Å²) in [6.07, 6.45) is 5.53. The van der Waals surface area contributed by atoms with E-state index in [1.165, 1.54) is 14.2 Å². The molecule has 194 valence electrons. The highest BCUT2D eigenvalue weighted by molar-refractivity contribution is 5.69. The molecule has 0 saturated heterocycles. The summed E-state index contributed by atoms with van der Waals surface area (Å²) in [5, 5.41) is 23.1. The van der Waals surface area contributed by atoms with Crippen molar-refractivity contribution in [3.8, 4) is 0 Å². The minimum atomic E-state index is -0.634. The predicted octanol–water partition coefficient (Wildman–Crippen LogP) is 4.33. The summed E-state index contributed by atoms with van der Waals surface area (Å²) in [7, 11) is 2.76. The van der Waals surface area contributed by atoms with Gasteiger partial charge in [-0.05, 0) is 97.7 Å². The van der Waals surface area contributed by atoms with Crippen LogP contribution in [0.5, 0.6) is 0 Å². The van der Waals surface area contributed by atoms with E-state index in [1.807, 2.05) is 0 Å². The number of ether oxygens (including phenoxy) is 3. The second-order valence-electron chi connectivity index (χ2n) is 12.2. The fourth-order valence-corrected chi connectivity index (χ4v) is 9.05. The Morgan fingerprint density at radius 2 is 1.74 bits per heavy atom. The minimum absolute atomic E-state index is 0.0246. The molecule has 0 spiro atoms. The van der Waals surface area contributed by atoms with Crippen LogP contribution in [0.4, 0.5) is 4.79 Å². The highest BCUT2D eigenvalue weighted by Crippen LogP contribution is 2.68. The van der Waals surface area contributed by atoms with Crippen molar-refractivity contribution in [3.05, 3.63) is 0 Å². The minimum Gasteiger partial charge on any atom is -0.469 e. The lowest BCUT2D eigenvalue weighted by atomic mass is 9.43. The average molecular weight is 481 g/mol. The summed E-state index contributed by atoms with van der Waals surface area (Å²) in [6.45, 7) is 6.79. The molecule has 4 aliphatic rings. The number of hydrogen-bond acceptors (Lipinski definition) is 7. The molecule has 0 aliphatic heterocycles. The Morgan fingerprint density at radius 1 is 1.00 bits per heavy atom. The number of methoxy groups -OCH3 is 2. The van der Waals surface area contributed by atoms with E-state index >= 15 is 0 Å². The molecule has 4 saturated carbocycles. The largest absolute Gasteiger partial charge is 0.508 e. The summed E-state index contributed by atoms with van der Waals surface area (Å²) >= 11 is 0. The normalized spacial score (nSPS) is 46.4. The Kier molecular flexibility index (Phi) is 7.27. The Balaban J connectivity index is 1.53. The number of fused-ring (bicyclic) bond motifs is 5. The number of aliphatic hydroxyl groups excluding tert-OH is 2. The Morgan fingerprint density at radius 3 is 2.41 bits per heavy atom. The molecule has 0 aromatic rings. The molecule has 4 fully saturated rings. The van der Waals surface area contributed by atoms with Gasteiger partial charge in [0.15, 0.2) is 0 Å². The van der Waals surface area contributed by atoms with Crippen LogP contribution in [0.2, 0.25) is 0 Å². The third kappa shape index (κ3) is 4.15. The number of aliphatic hydroxyl groups is 2. The topological polar surface area (TPSA) is 102 Å². The maximum atomic E-state index is 11.7. The first-order valence-corrected chi connectivity index (χ1v) is 13.2. The van der Waals surface area contributed by atoms with Gasteiger partial charge in [-0.1, -0.05) is 20.8 Å². The molecule has 0 radical (unpaired) electrons. The lowest BCUT2D eigenvalue weighted by Gasteiger charge is -2.63. The van der Waals surface area contributed by atoms with Gasteiger partial charge in [-0.2, -0.15) is 0 Å². The molecule has 11 atom stereocenters. The Bertz CT molecular complexity index is 770. The van der Waals surface area contributed by atoms with Crippen LogP contribution in [0.25, 0.3) is 0 Å². The molecule has 0 bridgehead atoms. The quantitative estimate of drug-likeness (QED) is 0.565. The Hall–Kier alpha value is -1.34. The first kappa shape index (κ1) is 25.7. The van der Waals surface area contributed by atoms with Gasteiger partial charge in [0.05, 0.1) is 26.4 Å². The highest BCUT2D eigenvalue weighted by Gasteiger charge is 2.65. The zero-order valence-corrected chi connectivity index (χ0v) is 21.5. The molecule has 4 rings (SSSR count). The summed E-state index contributed by atoms with van der Waals surface area (Å²) in [6, 6.07) is 0.